The predicted octanol–water partition coefficient (Wildman–Crippen LogP) is -0.193. The molecule has 0 saturated heterocycles. The molecule has 0 radical (unpaired) electrons. The molecule has 16 heavy (non-hydrogen) atoms. The van der Waals surface area contributed by atoms with E-state index in [9.17, 15) is 19.2 Å². The predicted molar refractivity (Wildman–Crippen MR) is 52.4 cm³/mol. The van der Waals surface area contributed by atoms with Gasteiger partial charge in [0, 0.05) is 0 Å². The van der Waals surface area contributed by atoms with E-state index in [2.05, 4.69) is 9.47 Å². The van der Waals surface area contributed by atoms with Crippen molar-refractivity contribution in [3.63, 3.8) is 0 Å². The van der Waals surface area contributed by atoms with Gasteiger partial charge in [0.15, 0.2) is 11.6 Å². The Hall–Kier alpha value is -1.98. The molecule has 0 atom stereocenters. The summed E-state index contributed by atoms with van der Waals surface area (Å²) in [6, 6.07) is 0. The summed E-state index contributed by atoms with van der Waals surface area (Å²) < 4.78 is 8.64. The maximum Gasteiger partial charge on any atom is 0.342 e. The van der Waals surface area contributed by atoms with Gasteiger partial charge in [-0.3, -0.25) is 9.59 Å². The third-order valence-electron chi connectivity index (χ3n) is 1.73. The third kappa shape index (κ3) is 3.01. The zero-order valence-corrected chi connectivity index (χ0v) is 9.45. The second-order valence-corrected chi connectivity index (χ2v) is 2.85. The molecule has 0 spiro atoms. The minimum Gasteiger partial charge on any atom is -0.465 e. The molecule has 0 heterocycles. The van der Waals surface area contributed by atoms with Crippen LogP contribution in [0.15, 0.2) is 11.1 Å². The molecule has 0 amide bonds. The molecule has 0 aliphatic rings. The number of carbonyl (C=O) groups is 4. The number of ketones is 2. The lowest BCUT2D eigenvalue weighted by molar-refractivity contribution is -0.142. The summed E-state index contributed by atoms with van der Waals surface area (Å²) in [4.78, 5) is 44.9. The molecule has 0 aliphatic carbocycles. The number of Topliss-reactive ketones (excluding diaryl/α,β-unsaturated/α-hetero) is 2. The Morgan fingerprint density at radius 3 is 1.06 bits per heavy atom. The molecule has 0 fully saturated rings. The van der Waals surface area contributed by atoms with Gasteiger partial charge in [0.05, 0.1) is 14.2 Å². The van der Waals surface area contributed by atoms with Crippen LogP contribution >= 0.6 is 0 Å². The van der Waals surface area contributed by atoms with E-state index < -0.39 is 34.7 Å². The van der Waals surface area contributed by atoms with E-state index >= 15 is 0 Å². The van der Waals surface area contributed by atoms with E-state index in [0.717, 1.165) is 28.1 Å². The zero-order valence-electron chi connectivity index (χ0n) is 9.45. The maximum atomic E-state index is 11.3. The zero-order chi connectivity index (χ0) is 12.9. The molecule has 0 unspecified atom stereocenters. The standard InChI is InChI=1S/C10H12O6/c1-5(11)7(9(13)15-3)8(6(2)12)10(14)16-4/h1-4H3/b8-7-. The van der Waals surface area contributed by atoms with Crippen LogP contribution in [0.3, 0.4) is 0 Å². The van der Waals surface area contributed by atoms with Crippen LogP contribution in [-0.2, 0) is 28.7 Å². The third-order valence-corrected chi connectivity index (χ3v) is 1.73. The summed E-state index contributed by atoms with van der Waals surface area (Å²) in [7, 11) is 2.08. The summed E-state index contributed by atoms with van der Waals surface area (Å²) in [6.07, 6.45) is 0. The van der Waals surface area contributed by atoms with Gasteiger partial charge >= 0.3 is 11.9 Å². The van der Waals surface area contributed by atoms with E-state index in [1.165, 1.54) is 0 Å². The Morgan fingerprint density at radius 2 is 0.938 bits per heavy atom. The molecule has 0 aromatic carbocycles. The van der Waals surface area contributed by atoms with Gasteiger partial charge in [-0.25, -0.2) is 9.59 Å². The van der Waals surface area contributed by atoms with Crippen molar-refractivity contribution in [2.75, 3.05) is 14.2 Å². The van der Waals surface area contributed by atoms with Crippen LogP contribution in [0.4, 0.5) is 0 Å². The molecule has 88 valence electrons. The van der Waals surface area contributed by atoms with Crippen molar-refractivity contribution in [2.24, 2.45) is 0 Å². The molecule has 0 bridgehead atoms. The summed E-state index contributed by atoms with van der Waals surface area (Å²) in [5.41, 5.74) is -1.19. The number of rotatable bonds is 4. The van der Waals surface area contributed by atoms with E-state index in [0.29, 0.717) is 0 Å². The fraction of sp³-hybridized carbons (Fsp3) is 0.400. The highest BCUT2D eigenvalue weighted by Gasteiger charge is 2.28. The van der Waals surface area contributed by atoms with Gasteiger partial charge < -0.3 is 9.47 Å². The summed E-state index contributed by atoms with van der Waals surface area (Å²) >= 11 is 0. The Balaban J connectivity index is 5.83. The smallest absolute Gasteiger partial charge is 0.342 e. The first kappa shape index (κ1) is 14.0. The van der Waals surface area contributed by atoms with Gasteiger partial charge in [0.2, 0.25) is 0 Å². The molecule has 0 saturated carbocycles. The van der Waals surface area contributed by atoms with Crippen LogP contribution in [-0.4, -0.2) is 37.7 Å². The number of carbonyl (C=O) groups excluding carboxylic acids is 4. The van der Waals surface area contributed by atoms with Crippen LogP contribution in [0.1, 0.15) is 13.8 Å². The molecular formula is C10H12O6. The number of ether oxygens (including phenoxy) is 2. The van der Waals surface area contributed by atoms with Crippen molar-refractivity contribution in [1.29, 1.82) is 0 Å². The van der Waals surface area contributed by atoms with Crippen LogP contribution in [0.5, 0.6) is 0 Å². The van der Waals surface area contributed by atoms with Gasteiger partial charge in [-0.1, -0.05) is 0 Å². The van der Waals surface area contributed by atoms with Gasteiger partial charge in [-0.05, 0) is 13.8 Å². The highest BCUT2D eigenvalue weighted by molar-refractivity contribution is 6.29. The average Bonchev–Trinajstić information content (AvgIpc) is 2.22. The SMILES string of the molecule is COC(=O)/C(C(C)=O)=C(/C(C)=O)C(=O)OC. The number of hydrogen-bond acceptors (Lipinski definition) is 6. The summed E-state index contributed by atoms with van der Waals surface area (Å²) in [5, 5.41) is 0. The van der Waals surface area contributed by atoms with Crippen LogP contribution < -0.4 is 0 Å². The molecule has 0 rings (SSSR count). The Kier molecular flexibility index (Phi) is 5.08. The highest BCUT2D eigenvalue weighted by atomic mass is 16.5. The second kappa shape index (κ2) is 5.79. The summed E-state index contributed by atoms with van der Waals surface area (Å²) in [6.45, 7) is 2.11. The highest BCUT2D eigenvalue weighted by Crippen LogP contribution is 2.11. The van der Waals surface area contributed by atoms with Crippen molar-refractivity contribution in [3.8, 4) is 0 Å². The Bertz CT molecular complexity index is 341. The minimum atomic E-state index is -1.04. The molecule has 0 aromatic rings. The first-order valence-electron chi connectivity index (χ1n) is 4.29. The van der Waals surface area contributed by atoms with Gasteiger partial charge in [-0.15, -0.1) is 0 Å². The topological polar surface area (TPSA) is 86.7 Å². The Morgan fingerprint density at radius 1 is 0.688 bits per heavy atom. The van der Waals surface area contributed by atoms with Crippen molar-refractivity contribution < 1.29 is 28.7 Å². The lowest BCUT2D eigenvalue weighted by atomic mass is 10.0. The first-order chi connectivity index (χ1) is 7.36. The molecule has 0 aromatic heterocycles. The van der Waals surface area contributed by atoms with E-state index in [-0.39, 0.29) is 0 Å². The lowest BCUT2D eigenvalue weighted by Crippen LogP contribution is -2.23. The molecule has 6 nitrogen and oxygen atoms in total. The lowest BCUT2D eigenvalue weighted by Gasteiger charge is -2.07. The fourth-order valence-corrected chi connectivity index (χ4v) is 1.05. The Labute approximate surface area is 92.2 Å². The van der Waals surface area contributed by atoms with Crippen LogP contribution in [0.2, 0.25) is 0 Å². The van der Waals surface area contributed by atoms with Crippen LogP contribution in [0.25, 0.3) is 0 Å². The van der Waals surface area contributed by atoms with Gasteiger partial charge in [-0.2, -0.15) is 0 Å². The molecule has 0 N–H and O–H groups in total. The number of esters is 2. The van der Waals surface area contributed by atoms with E-state index in [1.54, 1.807) is 0 Å². The normalized spacial score (nSPS) is 11.2. The molecule has 0 aliphatic heterocycles. The summed E-state index contributed by atoms with van der Waals surface area (Å²) in [5.74, 6) is -3.55. The second-order valence-electron chi connectivity index (χ2n) is 2.85. The van der Waals surface area contributed by atoms with Gasteiger partial charge in [0.25, 0.3) is 0 Å². The largest absolute Gasteiger partial charge is 0.465 e. The van der Waals surface area contributed by atoms with Gasteiger partial charge in [0.1, 0.15) is 11.1 Å². The minimum absolute atomic E-state index is 0.596. The van der Waals surface area contributed by atoms with E-state index in [1.807, 2.05) is 0 Å². The van der Waals surface area contributed by atoms with Crippen molar-refractivity contribution >= 4 is 23.5 Å². The quantitative estimate of drug-likeness (QED) is 0.287. The first-order valence-corrected chi connectivity index (χ1v) is 4.29. The van der Waals surface area contributed by atoms with Crippen molar-refractivity contribution in [2.45, 2.75) is 13.8 Å². The molecular weight excluding hydrogens is 216 g/mol. The number of methoxy groups -OCH3 is 2. The van der Waals surface area contributed by atoms with Crippen LogP contribution in [0, 0.1) is 0 Å². The van der Waals surface area contributed by atoms with E-state index in [4.69, 9.17) is 0 Å². The van der Waals surface area contributed by atoms with Crippen molar-refractivity contribution in [1.82, 2.24) is 0 Å². The monoisotopic (exact) mass is 228 g/mol. The fourth-order valence-electron chi connectivity index (χ4n) is 1.05. The molecule has 6 heteroatoms. The number of hydrogen-bond donors (Lipinski definition) is 0. The average molecular weight is 228 g/mol. The van der Waals surface area contributed by atoms with Crippen molar-refractivity contribution in [3.05, 3.63) is 11.1 Å². The maximum absolute atomic E-state index is 11.3.